The molecule has 0 fully saturated rings. The van der Waals surface area contributed by atoms with Crippen molar-refractivity contribution in [3.8, 4) is 0 Å². The third-order valence-electron chi connectivity index (χ3n) is 2.51. The number of non-ortho nitro benzene ring substituents is 1. The molecule has 0 atom stereocenters. The molecule has 0 radical (unpaired) electrons. The quantitative estimate of drug-likeness (QED) is 0.679. The Morgan fingerprint density at radius 1 is 1.47 bits per heavy atom. The highest BCUT2D eigenvalue weighted by Crippen LogP contribution is 2.22. The molecule has 0 aliphatic heterocycles. The predicted octanol–water partition coefficient (Wildman–Crippen LogP) is 3.30. The molecule has 1 aromatic carbocycles. The summed E-state index contributed by atoms with van der Waals surface area (Å²) in [7, 11) is 0. The SMILES string of the molecule is Cc1csc(CNCc2ccc([N+](=O)[O-])cc2Cl)n1. The number of rotatable bonds is 5. The Labute approximate surface area is 119 Å². The van der Waals surface area contributed by atoms with Crippen LogP contribution in [0.3, 0.4) is 0 Å². The van der Waals surface area contributed by atoms with Gasteiger partial charge < -0.3 is 5.32 Å². The van der Waals surface area contributed by atoms with E-state index in [0.29, 0.717) is 18.1 Å². The number of thiazole rings is 1. The van der Waals surface area contributed by atoms with Crippen LogP contribution < -0.4 is 5.32 Å². The Balaban J connectivity index is 1.94. The van der Waals surface area contributed by atoms with Crippen molar-refractivity contribution in [1.29, 1.82) is 0 Å². The van der Waals surface area contributed by atoms with E-state index in [4.69, 9.17) is 11.6 Å². The van der Waals surface area contributed by atoms with E-state index in [1.54, 1.807) is 17.4 Å². The summed E-state index contributed by atoms with van der Waals surface area (Å²) < 4.78 is 0. The lowest BCUT2D eigenvalue weighted by Crippen LogP contribution is -2.12. The lowest BCUT2D eigenvalue weighted by molar-refractivity contribution is -0.384. The number of benzene rings is 1. The molecule has 2 rings (SSSR count). The highest BCUT2D eigenvalue weighted by molar-refractivity contribution is 7.09. The van der Waals surface area contributed by atoms with Gasteiger partial charge >= 0.3 is 0 Å². The molecule has 0 saturated carbocycles. The van der Waals surface area contributed by atoms with E-state index in [1.807, 2.05) is 12.3 Å². The zero-order chi connectivity index (χ0) is 13.8. The first-order valence-corrected chi connectivity index (χ1v) is 6.86. The lowest BCUT2D eigenvalue weighted by Gasteiger charge is -2.05. The van der Waals surface area contributed by atoms with Gasteiger partial charge in [0, 0.05) is 36.3 Å². The maximum Gasteiger partial charge on any atom is 0.270 e. The van der Waals surface area contributed by atoms with Crippen LogP contribution in [0.25, 0.3) is 0 Å². The Morgan fingerprint density at radius 3 is 2.84 bits per heavy atom. The predicted molar refractivity (Wildman–Crippen MR) is 75.5 cm³/mol. The molecule has 0 unspecified atom stereocenters. The summed E-state index contributed by atoms with van der Waals surface area (Å²) in [5, 5.41) is 17.2. The first-order valence-electron chi connectivity index (χ1n) is 5.61. The molecular weight excluding hydrogens is 286 g/mol. The molecule has 0 amide bonds. The number of nitrogens with zero attached hydrogens (tertiary/aromatic N) is 2. The normalized spacial score (nSPS) is 10.6. The zero-order valence-corrected chi connectivity index (χ0v) is 11.8. The summed E-state index contributed by atoms with van der Waals surface area (Å²) in [6.45, 7) is 3.16. The minimum Gasteiger partial charge on any atom is -0.306 e. The molecule has 7 heteroatoms. The fourth-order valence-corrected chi connectivity index (χ4v) is 2.56. The van der Waals surface area contributed by atoms with Crippen molar-refractivity contribution in [2.45, 2.75) is 20.0 Å². The smallest absolute Gasteiger partial charge is 0.270 e. The van der Waals surface area contributed by atoms with Gasteiger partial charge in [0.1, 0.15) is 5.01 Å². The van der Waals surface area contributed by atoms with Crippen molar-refractivity contribution >= 4 is 28.6 Å². The van der Waals surface area contributed by atoms with Gasteiger partial charge in [-0.3, -0.25) is 10.1 Å². The molecule has 0 spiro atoms. The van der Waals surface area contributed by atoms with Crippen molar-refractivity contribution in [2.75, 3.05) is 0 Å². The van der Waals surface area contributed by atoms with Crippen LogP contribution in [0.2, 0.25) is 5.02 Å². The third kappa shape index (κ3) is 3.73. The number of nitrogens with one attached hydrogen (secondary N) is 1. The molecule has 0 aliphatic carbocycles. The van der Waals surface area contributed by atoms with Gasteiger partial charge in [-0.2, -0.15) is 0 Å². The average molecular weight is 298 g/mol. The molecule has 5 nitrogen and oxygen atoms in total. The molecule has 0 aliphatic rings. The van der Waals surface area contributed by atoms with E-state index >= 15 is 0 Å². The van der Waals surface area contributed by atoms with Gasteiger partial charge in [0.15, 0.2) is 0 Å². The van der Waals surface area contributed by atoms with E-state index in [9.17, 15) is 10.1 Å². The number of hydrogen-bond acceptors (Lipinski definition) is 5. The number of aryl methyl sites for hydroxylation is 1. The topological polar surface area (TPSA) is 68.1 Å². The van der Waals surface area contributed by atoms with E-state index in [-0.39, 0.29) is 5.69 Å². The Bertz CT molecular complexity index is 600. The maximum atomic E-state index is 10.6. The summed E-state index contributed by atoms with van der Waals surface area (Å²) in [5.41, 5.74) is 1.85. The first-order chi connectivity index (χ1) is 9.06. The van der Waals surface area contributed by atoms with Gasteiger partial charge in [-0.1, -0.05) is 11.6 Å². The molecule has 1 N–H and O–H groups in total. The van der Waals surface area contributed by atoms with Gasteiger partial charge in [0.2, 0.25) is 0 Å². The van der Waals surface area contributed by atoms with Crippen molar-refractivity contribution in [1.82, 2.24) is 10.3 Å². The number of halogens is 1. The van der Waals surface area contributed by atoms with E-state index < -0.39 is 4.92 Å². The van der Waals surface area contributed by atoms with Crippen molar-refractivity contribution in [3.05, 3.63) is 55.0 Å². The van der Waals surface area contributed by atoms with Gasteiger partial charge in [0.25, 0.3) is 5.69 Å². The summed E-state index contributed by atoms with van der Waals surface area (Å²) in [5.74, 6) is 0. The summed E-state index contributed by atoms with van der Waals surface area (Å²) in [6.07, 6.45) is 0. The molecule has 0 bridgehead atoms. The molecule has 0 saturated heterocycles. The second kappa shape index (κ2) is 6.10. The Hall–Kier alpha value is -1.50. The summed E-state index contributed by atoms with van der Waals surface area (Å²) in [6, 6.07) is 4.49. The van der Waals surface area contributed by atoms with Crippen LogP contribution in [-0.2, 0) is 13.1 Å². The molecule has 19 heavy (non-hydrogen) atoms. The molecule has 2 aromatic rings. The maximum absolute atomic E-state index is 10.6. The largest absolute Gasteiger partial charge is 0.306 e. The van der Waals surface area contributed by atoms with Crippen LogP contribution >= 0.6 is 22.9 Å². The van der Waals surface area contributed by atoms with E-state index in [2.05, 4.69) is 10.3 Å². The first kappa shape index (κ1) is 13.9. The molecular formula is C12H12ClN3O2S. The third-order valence-corrected chi connectivity index (χ3v) is 3.82. The lowest BCUT2D eigenvalue weighted by atomic mass is 10.2. The van der Waals surface area contributed by atoms with Crippen LogP contribution in [0.1, 0.15) is 16.3 Å². The van der Waals surface area contributed by atoms with Crippen molar-refractivity contribution < 1.29 is 4.92 Å². The highest BCUT2D eigenvalue weighted by atomic mass is 35.5. The minimum atomic E-state index is -0.457. The molecule has 1 heterocycles. The Kier molecular flexibility index (Phi) is 4.47. The molecule has 1 aromatic heterocycles. The van der Waals surface area contributed by atoms with Gasteiger partial charge in [-0.25, -0.2) is 4.98 Å². The Morgan fingerprint density at radius 2 is 2.26 bits per heavy atom. The van der Waals surface area contributed by atoms with Crippen LogP contribution in [-0.4, -0.2) is 9.91 Å². The number of nitro groups is 1. The standard InChI is InChI=1S/C12H12ClN3O2S/c1-8-7-19-12(15-8)6-14-5-9-2-3-10(16(17)18)4-11(9)13/h2-4,7,14H,5-6H2,1H3. The zero-order valence-electron chi connectivity index (χ0n) is 10.2. The van der Waals surface area contributed by atoms with Gasteiger partial charge in [-0.15, -0.1) is 11.3 Å². The number of nitro benzene ring substituents is 1. The summed E-state index contributed by atoms with van der Waals surface area (Å²) in [4.78, 5) is 14.5. The highest BCUT2D eigenvalue weighted by Gasteiger charge is 2.09. The van der Waals surface area contributed by atoms with E-state index in [1.165, 1.54) is 12.1 Å². The fraction of sp³-hybridized carbons (Fsp3) is 0.250. The average Bonchev–Trinajstić information content (AvgIpc) is 2.77. The van der Waals surface area contributed by atoms with Crippen LogP contribution in [0.4, 0.5) is 5.69 Å². The van der Waals surface area contributed by atoms with Crippen molar-refractivity contribution in [3.63, 3.8) is 0 Å². The van der Waals surface area contributed by atoms with E-state index in [0.717, 1.165) is 16.3 Å². The fourth-order valence-electron chi connectivity index (χ4n) is 1.58. The van der Waals surface area contributed by atoms with Crippen LogP contribution in [0.5, 0.6) is 0 Å². The number of hydrogen-bond donors (Lipinski definition) is 1. The van der Waals surface area contributed by atoms with Crippen molar-refractivity contribution in [2.24, 2.45) is 0 Å². The summed E-state index contributed by atoms with van der Waals surface area (Å²) >= 11 is 7.60. The minimum absolute atomic E-state index is 0.00398. The second-order valence-corrected chi connectivity index (χ2v) is 5.37. The monoisotopic (exact) mass is 297 g/mol. The van der Waals surface area contributed by atoms with Gasteiger partial charge in [0.05, 0.1) is 9.95 Å². The molecule has 100 valence electrons. The van der Waals surface area contributed by atoms with Crippen LogP contribution in [0, 0.1) is 17.0 Å². The second-order valence-electron chi connectivity index (χ2n) is 4.02. The van der Waals surface area contributed by atoms with Crippen LogP contribution in [0.15, 0.2) is 23.6 Å². The number of aromatic nitrogens is 1. The van der Waals surface area contributed by atoms with Gasteiger partial charge in [-0.05, 0) is 18.6 Å².